The maximum atomic E-state index is 11.1. The smallest absolute Gasteiger partial charge is 0.369 e. The first-order chi connectivity index (χ1) is 8.43. The van der Waals surface area contributed by atoms with Gasteiger partial charge in [0, 0.05) is 18.6 Å². The summed E-state index contributed by atoms with van der Waals surface area (Å²) >= 11 is 0. The van der Waals surface area contributed by atoms with Gasteiger partial charge in [-0.25, -0.2) is 4.79 Å². The molecule has 0 radical (unpaired) electrons. The molecule has 0 saturated heterocycles. The van der Waals surface area contributed by atoms with Crippen molar-refractivity contribution >= 4 is 21.9 Å². The van der Waals surface area contributed by atoms with E-state index in [0.29, 0.717) is 12.2 Å². The predicted molar refractivity (Wildman–Crippen MR) is 70.5 cm³/mol. The summed E-state index contributed by atoms with van der Waals surface area (Å²) in [6, 6.07) is 0. The van der Waals surface area contributed by atoms with Gasteiger partial charge in [0.2, 0.25) is 0 Å². The van der Waals surface area contributed by atoms with E-state index in [1.54, 1.807) is 6.92 Å². The number of carbonyl (C=O) groups is 2. The van der Waals surface area contributed by atoms with Crippen LogP contribution in [0.15, 0.2) is 12.2 Å². The van der Waals surface area contributed by atoms with Crippen molar-refractivity contribution in [2.45, 2.75) is 46.1 Å². The molecule has 0 aliphatic heterocycles. The molecule has 0 aromatic rings. The first-order valence-electron chi connectivity index (χ1n) is 6.01. The Kier molecular flexibility index (Phi) is 9.22. The fraction of sp³-hybridized carbons (Fsp3) is 0.667. The van der Waals surface area contributed by atoms with Crippen LogP contribution in [0.5, 0.6) is 0 Å². The molecule has 0 heterocycles. The van der Waals surface area contributed by atoms with E-state index in [1.165, 1.54) is 6.92 Å². The van der Waals surface area contributed by atoms with Crippen molar-refractivity contribution in [3.63, 3.8) is 0 Å². The Balaban J connectivity index is 3.40. The minimum Gasteiger partial charge on any atom is -0.499 e. The molecule has 0 aliphatic rings. The first kappa shape index (κ1) is 16.9. The van der Waals surface area contributed by atoms with Crippen LogP contribution in [-0.4, -0.2) is 34.7 Å². The van der Waals surface area contributed by atoms with Gasteiger partial charge in [-0.2, -0.15) is 0 Å². The number of hydrogen-bond donors (Lipinski definition) is 0. The average Bonchev–Trinajstić information content (AvgIpc) is 2.27. The van der Waals surface area contributed by atoms with Crippen molar-refractivity contribution in [2.24, 2.45) is 0 Å². The molecule has 5 nitrogen and oxygen atoms in total. The molecule has 0 aromatic heterocycles. The van der Waals surface area contributed by atoms with Crippen LogP contribution >= 0.6 is 0 Å². The summed E-state index contributed by atoms with van der Waals surface area (Å²) in [5, 5.41) is 0. The van der Waals surface area contributed by atoms with E-state index >= 15 is 0 Å². The zero-order chi connectivity index (χ0) is 14.0. The van der Waals surface area contributed by atoms with E-state index < -0.39 is 10.0 Å². The zero-order valence-electron chi connectivity index (χ0n) is 11.4. The lowest BCUT2D eigenvalue weighted by Gasteiger charge is -2.12. The second kappa shape index (κ2) is 9.84. The van der Waals surface area contributed by atoms with Gasteiger partial charge in [-0.15, -0.1) is 0 Å². The molecular formula is C12H22O5Si. The maximum absolute atomic E-state index is 11.1. The summed E-state index contributed by atoms with van der Waals surface area (Å²) in [7, 11) is -1.19. The molecule has 18 heavy (non-hydrogen) atoms. The van der Waals surface area contributed by atoms with Crippen molar-refractivity contribution in [1.29, 1.82) is 0 Å². The fourth-order valence-corrected chi connectivity index (χ4v) is 1.77. The fourth-order valence-electron chi connectivity index (χ4n) is 1.14. The molecule has 104 valence electrons. The summed E-state index contributed by atoms with van der Waals surface area (Å²) in [4.78, 5) is 21.6. The van der Waals surface area contributed by atoms with Crippen molar-refractivity contribution < 1.29 is 23.2 Å². The summed E-state index contributed by atoms with van der Waals surface area (Å²) in [5.41, 5.74) is 0.416. The minimum absolute atomic E-state index is 0.0767. The van der Waals surface area contributed by atoms with Crippen LogP contribution in [0.1, 0.15) is 40.0 Å². The van der Waals surface area contributed by atoms with Crippen LogP contribution in [0.4, 0.5) is 0 Å². The van der Waals surface area contributed by atoms with Gasteiger partial charge in [-0.1, -0.05) is 6.58 Å². The molecule has 0 spiro atoms. The van der Waals surface area contributed by atoms with Gasteiger partial charge in [0.1, 0.15) is 0 Å². The van der Waals surface area contributed by atoms with E-state index in [4.69, 9.17) is 13.6 Å². The third kappa shape index (κ3) is 10.0. The lowest BCUT2D eigenvalue weighted by atomic mass is 10.2. The van der Waals surface area contributed by atoms with Crippen molar-refractivity contribution in [3.8, 4) is 0 Å². The van der Waals surface area contributed by atoms with Crippen LogP contribution < -0.4 is 0 Å². The molecule has 1 atom stereocenters. The van der Waals surface area contributed by atoms with E-state index in [-0.39, 0.29) is 18.0 Å². The lowest BCUT2D eigenvalue weighted by Crippen LogP contribution is -2.16. The second-order valence-electron chi connectivity index (χ2n) is 4.14. The number of ether oxygens (including phenoxy) is 1. The third-order valence-electron chi connectivity index (χ3n) is 2.20. The molecule has 0 fully saturated rings. The minimum atomic E-state index is -1.19. The molecule has 0 N–H and O–H groups in total. The Morgan fingerprint density at radius 1 is 1.28 bits per heavy atom. The van der Waals surface area contributed by atoms with Gasteiger partial charge < -0.3 is 13.6 Å². The Morgan fingerprint density at radius 2 is 1.94 bits per heavy atom. The van der Waals surface area contributed by atoms with E-state index in [1.807, 2.05) is 6.92 Å². The van der Waals surface area contributed by atoms with Gasteiger partial charge in [0.15, 0.2) is 0 Å². The monoisotopic (exact) mass is 274 g/mol. The third-order valence-corrected chi connectivity index (χ3v) is 3.43. The van der Waals surface area contributed by atoms with Gasteiger partial charge in [-0.3, -0.25) is 4.79 Å². The van der Waals surface area contributed by atoms with E-state index in [9.17, 15) is 9.59 Å². The summed E-state index contributed by atoms with van der Waals surface area (Å²) < 4.78 is 15.1. The maximum Gasteiger partial charge on any atom is 0.369 e. The molecule has 0 rings (SSSR count). The average molecular weight is 274 g/mol. The van der Waals surface area contributed by atoms with Gasteiger partial charge in [-0.05, 0) is 33.1 Å². The Hall–Kier alpha value is -1.14. The molecule has 0 aliphatic carbocycles. The SMILES string of the molecule is C=C(C)C(=O)OCCCCC(C)O[SiH2]OC(C)=O. The van der Waals surface area contributed by atoms with E-state index in [0.717, 1.165) is 19.3 Å². The highest BCUT2D eigenvalue weighted by Crippen LogP contribution is 2.05. The van der Waals surface area contributed by atoms with Crippen LogP contribution in [-0.2, 0) is 23.2 Å². The largest absolute Gasteiger partial charge is 0.499 e. The highest BCUT2D eigenvalue weighted by atomic mass is 28.3. The van der Waals surface area contributed by atoms with E-state index in [2.05, 4.69) is 6.58 Å². The molecule has 0 aromatic carbocycles. The quantitative estimate of drug-likeness (QED) is 0.274. The Labute approximate surface area is 111 Å². The zero-order valence-corrected chi connectivity index (χ0v) is 12.8. The molecular weight excluding hydrogens is 252 g/mol. The van der Waals surface area contributed by atoms with Crippen molar-refractivity contribution in [1.82, 2.24) is 0 Å². The standard InChI is InChI=1S/C12H22O5Si/c1-9(2)12(14)15-8-6-5-7-10(3)16-18-17-11(4)13/h10H,1,5-8,18H2,2-4H3. The number of hydrogen-bond acceptors (Lipinski definition) is 5. The highest BCUT2D eigenvalue weighted by molar-refractivity contribution is 6.22. The van der Waals surface area contributed by atoms with Gasteiger partial charge >= 0.3 is 16.0 Å². The van der Waals surface area contributed by atoms with Crippen LogP contribution in [0.2, 0.25) is 0 Å². The van der Waals surface area contributed by atoms with Crippen molar-refractivity contribution in [2.75, 3.05) is 6.61 Å². The number of esters is 1. The van der Waals surface area contributed by atoms with Crippen LogP contribution in [0.3, 0.4) is 0 Å². The lowest BCUT2D eigenvalue weighted by molar-refractivity contribution is -0.139. The number of rotatable bonds is 9. The topological polar surface area (TPSA) is 61.8 Å². The van der Waals surface area contributed by atoms with Crippen molar-refractivity contribution in [3.05, 3.63) is 12.2 Å². The Morgan fingerprint density at radius 3 is 2.50 bits per heavy atom. The van der Waals surface area contributed by atoms with Crippen LogP contribution in [0, 0.1) is 0 Å². The summed E-state index contributed by atoms with van der Waals surface area (Å²) in [6.07, 6.45) is 2.63. The van der Waals surface area contributed by atoms with Crippen LogP contribution in [0.25, 0.3) is 0 Å². The number of unbranched alkanes of at least 4 members (excludes halogenated alkanes) is 1. The normalized spacial score (nSPS) is 12.4. The second-order valence-corrected chi connectivity index (χ2v) is 5.00. The predicted octanol–water partition coefficient (Wildman–Crippen LogP) is 1.24. The number of carbonyl (C=O) groups excluding carboxylic acids is 2. The molecule has 6 heteroatoms. The first-order valence-corrected chi connectivity index (χ1v) is 7.16. The van der Waals surface area contributed by atoms with Gasteiger partial charge in [0.25, 0.3) is 5.97 Å². The van der Waals surface area contributed by atoms with Gasteiger partial charge in [0.05, 0.1) is 6.61 Å². The molecule has 0 bridgehead atoms. The Bertz CT molecular complexity index is 290. The molecule has 1 unspecified atom stereocenters. The molecule has 0 saturated carbocycles. The molecule has 0 amide bonds. The summed E-state index contributed by atoms with van der Waals surface area (Å²) in [5.74, 6) is -0.637. The summed E-state index contributed by atoms with van der Waals surface area (Å²) in [6.45, 7) is 8.84. The highest BCUT2D eigenvalue weighted by Gasteiger charge is 2.05.